The van der Waals surface area contributed by atoms with Gasteiger partial charge in [-0.15, -0.1) is 5.10 Å². The minimum Gasteiger partial charge on any atom is -0.305 e. The molecule has 0 fully saturated rings. The Balaban J connectivity index is 1.80. The van der Waals surface area contributed by atoms with Gasteiger partial charge in [0, 0.05) is 18.0 Å². The Bertz CT molecular complexity index is 883. The van der Waals surface area contributed by atoms with Crippen LogP contribution >= 0.6 is 11.6 Å². The number of halogens is 1. The molecule has 0 atom stereocenters. The van der Waals surface area contributed by atoms with Crippen LogP contribution in [0.3, 0.4) is 0 Å². The van der Waals surface area contributed by atoms with E-state index in [0.717, 1.165) is 11.4 Å². The van der Waals surface area contributed by atoms with Gasteiger partial charge in [0.2, 0.25) is 0 Å². The Morgan fingerprint density at radius 3 is 2.48 bits per heavy atom. The molecule has 6 heteroatoms. The lowest BCUT2D eigenvalue weighted by atomic mass is 10.0. The number of anilines is 1. The van der Waals surface area contributed by atoms with Crippen LogP contribution in [0.2, 0.25) is 5.15 Å². The van der Waals surface area contributed by atoms with E-state index in [0.29, 0.717) is 22.5 Å². The van der Waals surface area contributed by atoms with E-state index in [1.54, 1.807) is 16.8 Å². The van der Waals surface area contributed by atoms with E-state index < -0.39 is 0 Å². The van der Waals surface area contributed by atoms with Crippen molar-refractivity contribution in [2.24, 2.45) is 0 Å². The number of nitrogens with zero attached hydrogens (tertiary/aromatic N) is 3. The third-order valence-corrected chi connectivity index (χ3v) is 4.15. The standard InChI is InChI=1S/C19H19ClN4O/c1-12(2)14-4-7-16(8-5-14)24-13(3)10-18(23-24)22-19(25)15-6-9-17(20)21-11-15/h4-12H,1-3H3,(H,22,23,25). The molecule has 25 heavy (non-hydrogen) atoms. The molecule has 1 aromatic carbocycles. The minimum absolute atomic E-state index is 0.274. The van der Waals surface area contributed by atoms with Gasteiger partial charge in [-0.1, -0.05) is 37.6 Å². The van der Waals surface area contributed by atoms with E-state index in [9.17, 15) is 4.79 Å². The molecule has 0 radical (unpaired) electrons. The Hall–Kier alpha value is -2.66. The van der Waals surface area contributed by atoms with Crippen LogP contribution in [-0.4, -0.2) is 20.7 Å². The molecule has 0 saturated heterocycles. The number of carbonyl (C=O) groups is 1. The fraction of sp³-hybridized carbons (Fsp3) is 0.211. The molecular formula is C19H19ClN4O. The highest BCUT2D eigenvalue weighted by Gasteiger charge is 2.11. The molecule has 128 valence electrons. The maximum Gasteiger partial charge on any atom is 0.258 e. The number of nitrogens with one attached hydrogen (secondary N) is 1. The van der Waals surface area contributed by atoms with Crippen molar-refractivity contribution in [1.29, 1.82) is 0 Å². The molecule has 0 spiro atoms. The van der Waals surface area contributed by atoms with Crippen molar-refractivity contribution < 1.29 is 4.79 Å². The van der Waals surface area contributed by atoms with E-state index in [4.69, 9.17) is 11.6 Å². The van der Waals surface area contributed by atoms with Gasteiger partial charge in [-0.25, -0.2) is 9.67 Å². The first-order valence-corrected chi connectivity index (χ1v) is 8.42. The van der Waals surface area contributed by atoms with Crippen molar-refractivity contribution in [2.45, 2.75) is 26.7 Å². The van der Waals surface area contributed by atoms with E-state index in [2.05, 4.69) is 41.4 Å². The Morgan fingerprint density at radius 1 is 1.16 bits per heavy atom. The predicted molar refractivity (Wildman–Crippen MR) is 99.6 cm³/mol. The smallest absolute Gasteiger partial charge is 0.258 e. The molecule has 2 heterocycles. The highest BCUT2D eigenvalue weighted by Crippen LogP contribution is 2.19. The third-order valence-electron chi connectivity index (χ3n) is 3.92. The van der Waals surface area contributed by atoms with Crippen LogP contribution in [0.4, 0.5) is 5.82 Å². The number of aromatic nitrogens is 3. The monoisotopic (exact) mass is 354 g/mol. The summed E-state index contributed by atoms with van der Waals surface area (Å²) in [7, 11) is 0. The maximum absolute atomic E-state index is 12.3. The second kappa shape index (κ2) is 7.07. The third kappa shape index (κ3) is 3.88. The number of pyridine rings is 1. The summed E-state index contributed by atoms with van der Waals surface area (Å²) in [5.41, 5.74) is 3.59. The van der Waals surface area contributed by atoms with Crippen molar-refractivity contribution in [3.8, 4) is 5.69 Å². The van der Waals surface area contributed by atoms with Gasteiger partial charge in [-0.3, -0.25) is 4.79 Å². The van der Waals surface area contributed by atoms with E-state index in [-0.39, 0.29) is 5.91 Å². The highest BCUT2D eigenvalue weighted by molar-refractivity contribution is 6.29. The van der Waals surface area contributed by atoms with Gasteiger partial charge >= 0.3 is 0 Å². The van der Waals surface area contributed by atoms with Crippen LogP contribution < -0.4 is 5.32 Å². The lowest BCUT2D eigenvalue weighted by molar-refractivity contribution is 0.102. The van der Waals surface area contributed by atoms with Gasteiger partial charge in [0.05, 0.1) is 11.3 Å². The summed E-state index contributed by atoms with van der Waals surface area (Å²) in [4.78, 5) is 16.2. The summed E-state index contributed by atoms with van der Waals surface area (Å²) < 4.78 is 1.81. The van der Waals surface area contributed by atoms with Crippen LogP contribution in [0.25, 0.3) is 5.69 Å². The Labute approximate surface area is 151 Å². The fourth-order valence-electron chi connectivity index (χ4n) is 2.50. The Kier molecular flexibility index (Phi) is 4.86. The predicted octanol–water partition coefficient (Wildman–Crippen LogP) is 4.60. The zero-order valence-corrected chi connectivity index (χ0v) is 15.1. The average Bonchev–Trinajstić information content (AvgIpc) is 2.95. The maximum atomic E-state index is 12.3. The molecule has 2 aromatic heterocycles. The number of benzene rings is 1. The molecule has 0 aliphatic heterocycles. The average molecular weight is 355 g/mol. The molecular weight excluding hydrogens is 336 g/mol. The first-order chi connectivity index (χ1) is 11.9. The lowest BCUT2D eigenvalue weighted by Crippen LogP contribution is -2.12. The van der Waals surface area contributed by atoms with E-state index in [1.807, 2.05) is 25.1 Å². The van der Waals surface area contributed by atoms with Crippen LogP contribution in [0.5, 0.6) is 0 Å². The van der Waals surface area contributed by atoms with Crippen molar-refractivity contribution >= 4 is 23.3 Å². The molecule has 0 saturated carbocycles. The minimum atomic E-state index is -0.274. The van der Waals surface area contributed by atoms with Crippen molar-refractivity contribution in [2.75, 3.05) is 5.32 Å². The fourth-order valence-corrected chi connectivity index (χ4v) is 2.61. The molecule has 1 amide bonds. The lowest BCUT2D eigenvalue weighted by Gasteiger charge is -2.08. The Morgan fingerprint density at radius 2 is 1.88 bits per heavy atom. The normalized spacial score (nSPS) is 10.9. The first kappa shape index (κ1) is 17.2. The number of carbonyl (C=O) groups excluding carboxylic acids is 1. The van der Waals surface area contributed by atoms with Gasteiger partial charge < -0.3 is 5.32 Å². The zero-order chi connectivity index (χ0) is 18.0. The zero-order valence-electron chi connectivity index (χ0n) is 14.3. The molecule has 0 unspecified atom stereocenters. The summed E-state index contributed by atoms with van der Waals surface area (Å²) in [6, 6.07) is 13.3. The van der Waals surface area contributed by atoms with Crippen LogP contribution in [0, 0.1) is 6.92 Å². The molecule has 0 aliphatic rings. The molecule has 3 aromatic rings. The summed E-state index contributed by atoms with van der Waals surface area (Å²) in [5.74, 6) is 0.699. The largest absolute Gasteiger partial charge is 0.305 e. The van der Waals surface area contributed by atoms with Gasteiger partial charge in [-0.2, -0.15) is 0 Å². The van der Waals surface area contributed by atoms with Crippen molar-refractivity contribution in [3.63, 3.8) is 0 Å². The second-order valence-corrected chi connectivity index (χ2v) is 6.54. The van der Waals surface area contributed by atoms with E-state index in [1.165, 1.54) is 11.8 Å². The summed E-state index contributed by atoms with van der Waals surface area (Å²) in [5, 5.41) is 7.61. The van der Waals surface area contributed by atoms with Gasteiger partial charge in [-0.05, 0) is 42.7 Å². The molecule has 1 N–H and O–H groups in total. The quantitative estimate of drug-likeness (QED) is 0.696. The number of rotatable bonds is 4. The number of hydrogen-bond acceptors (Lipinski definition) is 3. The van der Waals surface area contributed by atoms with Gasteiger partial charge in [0.15, 0.2) is 5.82 Å². The number of hydrogen-bond donors (Lipinski definition) is 1. The summed E-state index contributed by atoms with van der Waals surface area (Å²) in [6.45, 7) is 6.27. The SMILES string of the molecule is Cc1cc(NC(=O)c2ccc(Cl)nc2)nn1-c1ccc(C(C)C)cc1. The first-order valence-electron chi connectivity index (χ1n) is 8.04. The summed E-state index contributed by atoms with van der Waals surface area (Å²) >= 11 is 5.74. The van der Waals surface area contributed by atoms with E-state index >= 15 is 0 Å². The highest BCUT2D eigenvalue weighted by atomic mass is 35.5. The number of amides is 1. The van der Waals surface area contributed by atoms with Crippen molar-refractivity contribution in [3.05, 3.63) is 70.6 Å². The molecule has 0 bridgehead atoms. The van der Waals surface area contributed by atoms with Crippen LogP contribution in [0.1, 0.15) is 41.4 Å². The summed E-state index contributed by atoms with van der Waals surface area (Å²) in [6.07, 6.45) is 1.44. The van der Waals surface area contributed by atoms with Crippen LogP contribution in [-0.2, 0) is 0 Å². The van der Waals surface area contributed by atoms with Gasteiger partial charge in [0.1, 0.15) is 5.15 Å². The topological polar surface area (TPSA) is 59.8 Å². The van der Waals surface area contributed by atoms with Gasteiger partial charge in [0.25, 0.3) is 5.91 Å². The second-order valence-electron chi connectivity index (χ2n) is 6.15. The number of aryl methyl sites for hydroxylation is 1. The van der Waals surface area contributed by atoms with Crippen molar-refractivity contribution in [1.82, 2.24) is 14.8 Å². The van der Waals surface area contributed by atoms with Crippen LogP contribution in [0.15, 0.2) is 48.7 Å². The molecule has 5 nitrogen and oxygen atoms in total. The molecule has 3 rings (SSSR count). The molecule has 0 aliphatic carbocycles.